The Bertz CT molecular complexity index is 576. The first-order chi connectivity index (χ1) is 9.47. The lowest BCUT2D eigenvalue weighted by Crippen LogP contribution is -2.07. The number of rotatable bonds is 5. The van der Waals surface area contributed by atoms with E-state index in [9.17, 15) is 0 Å². The summed E-state index contributed by atoms with van der Waals surface area (Å²) in [5.74, 6) is 0.892. The van der Waals surface area contributed by atoms with Gasteiger partial charge in [-0.15, -0.1) is 0 Å². The van der Waals surface area contributed by atoms with Gasteiger partial charge in [-0.2, -0.15) is 5.10 Å². The number of nitrogens with zero attached hydrogens (tertiary/aromatic N) is 2. The van der Waals surface area contributed by atoms with E-state index in [0.717, 1.165) is 33.8 Å². The predicted octanol–water partition coefficient (Wildman–Crippen LogP) is 3.89. The third-order valence-corrected chi connectivity index (χ3v) is 3.98. The molecule has 1 heterocycles. The lowest BCUT2D eigenvalue weighted by Gasteiger charge is -2.11. The zero-order valence-corrected chi connectivity index (χ0v) is 13.9. The molecule has 1 N–H and O–H groups in total. The number of benzene rings is 1. The van der Waals surface area contributed by atoms with Gasteiger partial charge in [0, 0.05) is 12.7 Å². The zero-order valence-electron chi connectivity index (χ0n) is 12.3. The van der Waals surface area contributed by atoms with Gasteiger partial charge in [0.1, 0.15) is 5.75 Å². The van der Waals surface area contributed by atoms with Crippen LogP contribution in [0.15, 0.2) is 28.7 Å². The van der Waals surface area contributed by atoms with Crippen LogP contribution in [0.5, 0.6) is 5.75 Å². The highest BCUT2D eigenvalue weighted by molar-refractivity contribution is 9.10. The van der Waals surface area contributed by atoms with E-state index in [4.69, 9.17) is 4.74 Å². The van der Waals surface area contributed by atoms with Crippen LogP contribution >= 0.6 is 15.9 Å². The van der Waals surface area contributed by atoms with Crippen LogP contribution in [-0.2, 0) is 13.6 Å². The number of aromatic nitrogens is 2. The van der Waals surface area contributed by atoms with E-state index in [1.54, 1.807) is 0 Å². The van der Waals surface area contributed by atoms with Crippen LogP contribution in [0.25, 0.3) is 0 Å². The van der Waals surface area contributed by atoms with E-state index in [0.29, 0.717) is 0 Å². The van der Waals surface area contributed by atoms with E-state index in [1.807, 2.05) is 56.8 Å². The molecule has 0 aliphatic rings. The minimum atomic E-state index is 0.196. The Kier molecular flexibility index (Phi) is 4.70. The average molecular weight is 338 g/mol. The van der Waals surface area contributed by atoms with Gasteiger partial charge in [0.25, 0.3) is 0 Å². The van der Waals surface area contributed by atoms with Crippen molar-refractivity contribution in [2.75, 3.05) is 5.32 Å². The quantitative estimate of drug-likeness (QED) is 0.899. The average Bonchev–Trinajstić information content (AvgIpc) is 2.62. The summed E-state index contributed by atoms with van der Waals surface area (Å²) < 4.78 is 8.58. The molecule has 2 aromatic rings. The Morgan fingerprint density at radius 1 is 1.30 bits per heavy atom. The molecule has 0 spiro atoms. The van der Waals surface area contributed by atoms with Crippen molar-refractivity contribution in [1.29, 1.82) is 0 Å². The van der Waals surface area contributed by atoms with E-state index in [1.165, 1.54) is 0 Å². The van der Waals surface area contributed by atoms with Crippen molar-refractivity contribution in [2.45, 2.75) is 33.4 Å². The van der Waals surface area contributed by atoms with Crippen molar-refractivity contribution in [3.05, 3.63) is 40.1 Å². The van der Waals surface area contributed by atoms with Gasteiger partial charge in [0.15, 0.2) is 0 Å². The zero-order chi connectivity index (χ0) is 14.7. The number of halogens is 1. The number of anilines is 1. The molecule has 20 heavy (non-hydrogen) atoms. The Morgan fingerprint density at radius 3 is 2.45 bits per heavy atom. The summed E-state index contributed by atoms with van der Waals surface area (Å²) in [6.07, 6.45) is 0.196. The fraction of sp³-hybridized carbons (Fsp3) is 0.400. The molecule has 1 aromatic carbocycles. The summed E-state index contributed by atoms with van der Waals surface area (Å²) in [5, 5.41) is 7.77. The first kappa shape index (κ1) is 14.9. The van der Waals surface area contributed by atoms with Gasteiger partial charge in [-0.3, -0.25) is 4.68 Å². The summed E-state index contributed by atoms with van der Waals surface area (Å²) in [7, 11) is 1.95. The van der Waals surface area contributed by atoms with Crippen molar-refractivity contribution in [1.82, 2.24) is 9.78 Å². The molecule has 2 rings (SSSR count). The van der Waals surface area contributed by atoms with Gasteiger partial charge in [-0.1, -0.05) is 0 Å². The van der Waals surface area contributed by atoms with E-state index in [2.05, 4.69) is 26.3 Å². The molecule has 0 amide bonds. The van der Waals surface area contributed by atoms with Crippen molar-refractivity contribution in [3.8, 4) is 5.75 Å². The number of ether oxygens (including phenoxy) is 1. The lowest BCUT2D eigenvalue weighted by atomic mass is 10.3. The molecule has 108 valence electrons. The maximum Gasteiger partial charge on any atom is 0.119 e. The van der Waals surface area contributed by atoms with Crippen LogP contribution in [0.1, 0.15) is 25.2 Å². The second-order valence-corrected chi connectivity index (χ2v) is 5.81. The fourth-order valence-corrected chi connectivity index (χ4v) is 2.46. The molecule has 0 fully saturated rings. The van der Waals surface area contributed by atoms with Crippen molar-refractivity contribution < 1.29 is 4.74 Å². The lowest BCUT2D eigenvalue weighted by molar-refractivity contribution is 0.242. The molecule has 0 aliphatic heterocycles. The standard InChI is InChI=1S/C15H20BrN3O/c1-10(2)20-13-7-5-12(6-8-13)17-9-14-15(16)11(3)18-19(14)4/h5-8,10,17H,9H2,1-4H3. The monoisotopic (exact) mass is 337 g/mol. The molecule has 0 aliphatic carbocycles. The molecule has 5 heteroatoms. The topological polar surface area (TPSA) is 39.1 Å². The molecular formula is C15H20BrN3O. The number of nitrogens with one attached hydrogen (secondary N) is 1. The van der Waals surface area contributed by atoms with Gasteiger partial charge in [-0.05, 0) is 61.0 Å². The van der Waals surface area contributed by atoms with Crippen LogP contribution in [0.4, 0.5) is 5.69 Å². The van der Waals surface area contributed by atoms with E-state index >= 15 is 0 Å². The van der Waals surface area contributed by atoms with Crippen LogP contribution in [0.3, 0.4) is 0 Å². The van der Waals surface area contributed by atoms with Crippen LogP contribution in [-0.4, -0.2) is 15.9 Å². The minimum absolute atomic E-state index is 0.196. The minimum Gasteiger partial charge on any atom is -0.491 e. The normalized spacial score (nSPS) is 10.9. The Morgan fingerprint density at radius 2 is 1.95 bits per heavy atom. The van der Waals surface area contributed by atoms with Gasteiger partial charge in [-0.25, -0.2) is 0 Å². The summed E-state index contributed by atoms with van der Waals surface area (Å²) in [6, 6.07) is 8.00. The maximum absolute atomic E-state index is 5.62. The SMILES string of the molecule is Cc1nn(C)c(CNc2ccc(OC(C)C)cc2)c1Br. The molecule has 1 aromatic heterocycles. The Labute approximate surface area is 128 Å². The highest BCUT2D eigenvalue weighted by Gasteiger charge is 2.09. The van der Waals surface area contributed by atoms with Gasteiger partial charge < -0.3 is 10.1 Å². The molecule has 0 bridgehead atoms. The highest BCUT2D eigenvalue weighted by atomic mass is 79.9. The smallest absolute Gasteiger partial charge is 0.119 e. The van der Waals surface area contributed by atoms with Crippen LogP contribution < -0.4 is 10.1 Å². The van der Waals surface area contributed by atoms with E-state index in [-0.39, 0.29) is 6.10 Å². The third-order valence-electron chi connectivity index (χ3n) is 2.95. The summed E-state index contributed by atoms with van der Waals surface area (Å²) >= 11 is 3.57. The first-order valence-electron chi connectivity index (χ1n) is 6.66. The molecule has 0 saturated carbocycles. The second-order valence-electron chi connectivity index (χ2n) is 5.01. The van der Waals surface area contributed by atoms with Gasteiger partial charge in [0.2, 0.25) is 0 Å². The summed E-state index contributed by atoms with van der Waals surface area (Å²) in [5.41, 5.74) is 3.20. The molecule has 0 saturated heterocycles. The van der Waals surface area contributed by atoms with Crippen molar-refractivity contribution in [2.24, 2.45) is 7.05 Å². The Balaban J connectivity index is 2.00. The molecule has 0 radical (unpaired) electrons. The van der Waals surface area contributed by atoms with Crippen molar-refractivity contribution >= 4 is 21.6 Å². The van der Waals surface area contributed by atoms with Gasteiger partial charge in [0.05, 0.1) is 28.5 Å². The largest absolute Gasteiger partial charge is 0.491 e. The summed E-state index contributed by atoms with van der Waals surface area (Å²) in [4.78, 5) is 0. The van der Waals surface area contributed by atoms with Crippen LogP contribution in [0.2, 0.25) is 0 Å². The van der Waals surface area contributed by atoms with Crippen molar-refractivity contribution in [3.63, 3.8) is 0 Å². The molecule has 0 unspecified atom stereocenters. The number of hydrogen-bond acceptors (Lipinski definition) is 3. The molecule has 0 atom stereocenters. The number of aryl methyl sites for hydroxylation is 2. The maximum atomic E-state index is 5.62. The highest BCUT2D eigenvalue weighted by Crippen LogP contribution is 2.22. The fourth-order valence-electron chi connectivity index (χ4n) is 1.98. The molecule has 4 nitrogen and oxygen atoms in total. The first-order valence-corrected chi connectivity index (χ1v) is 7.45. The van der Waals surface area contributed by atoms with Gasteiger partial charge >= 0.3 is 0 Å². The Hall–Kier alpha value is -1.49. The van der Waals surface area contributed by atoms with Crippen LogP contribution in [0, 0.1) is 6.92 Å². The second kappa shape index (κ2) is 6.31. The molecular weight excluding hydrogens is 318 g/mol. The van der Waals surface area contributed by atoms with E-state index < -0.39 is 0 Å². The third kappa shape index (κ3) is 3.54. The predicted molar refractivity (Wildman–Crippen MR) is 85.2 cm³/mol. The number of hydrogen-bond donors (Lipinski definition) is 1. The summed E-state index contributed by atoms with van der Waals surface area (Å²) in [6.45, 7) is 6.76.